The number of carbonyl (C=O) groups is 2. The maximum atomic E-state index is 12.0. The van der Waals surface area contributed by atoms with E-state index in [1.165, 1.54) is 0 Å². The normalized spacial score (nSPS) is 23.2. The zero-order valence-corrected chi connectivity index (χ0v) is 12.1. The van der Waals surface area contributed by atoms with Crippen LogP contribution in [0.4, 0.5) is 0 Å². The first kappa shape index (κ1) is 16.0. The van der Waals surface area contributed by atoms with E-state index < -0.39 is 0 Å². The van der Waals surface area contributed by atoms with Crippen molar-refractivity contribution in [1.82, 2.24) is 10.6 Å². The maximum Gasteiger partial charge on any atom is 0.239 e. The van der Waals surface area contributed by atoms with Gasteiger partial charge in [-0.2, -0.15) is 0 Å². The van der Waals surface area contributed by atoms with Crippen molar-refractivity contribution in [3.05, 3.63) is 0 Å². The Morgan fingerprint density at radius 2 is 2.00 bits per heavy atom. The van der Waals surface area contributed by atoms with Crippen molar-refractivity contribution in [1.29, 1.82) is 0 Å². The summed E-state index contributed by atoms with van der Waals surface area (Å²) in [5.41, 5.74) is 5.66. The lowest BCUT2D eigenvalue weighted by atomic mass is 9.81. The molecule has 0 bridgehead atoms. The molecule has 4 N–H and O–H groups in total. The van der Waals surface area contributed by atoms with Gasteiger partial charge in [-0.25, -0.2) is 0 Å². The monoisotopic (exact) mass is 269 g/mol. The van der Waals surface area contributed by atoms with E-state index in [-0.39, 0.29) is 24.3 Å². The largest absolute Gasteiger partial charge is 0.354 e. The molecule has 110 valence electrons. The number of amides is 2. The molecule has 19 heavy (non-hydrogen) atoms. The second-order valence-electron chi connectivity index (χ2n) is 5.88. The van der Waals surface area contributed by atoms with Crippen LogP contribution < -0.4 is 16.4 Å². The molecule has 0 saturated heterocycles. The summed E-state index contributed by atoms with van der Waals surface area (Å²) in [6.07, 6.45) is 3.94. The number of carbonyl (C=O) groups excluding carboxylic acids is 2. The van der Waals surface area contributed by atoms with E-state index in [0.29, 0.717) is 24.9 Å². The molecule has 1 aliphatic rings. The third-order valence-corrected chi connectivity index (χ3v) is 3.62. The molecule has 5 heteroatoms. The van der Waals surface area contributed by atoms with Gasteiger partial charge in [-0.15, -0.1) is 0 Å². The first-order valence-corrected chi connectivity index (χ1v) is 7.27. The minimum absolute atomic E-state index is 0.00199. The molecule has 0 aromatic rings. The van der Waals surface area contributed by atoms with E-state index in [0.717, 1.165) is 25.7 Å². The SMILES string of the molecule is CC(C)CNC(=O)CNC(=O)C1CCCC(CN)C1. The van der Waals surface area contributed by atoms with E-state index >= 15 is 0 Å². The zero-order valence-electron chi connectivity index (χ0n) is 12.1. The fraction of sp³-hybridized carbons (Fsp3) is 0.857. The van der Waals surface area contributed by atoms with Gasteiger partial charge < -0.3 is 16.4 Å². The third kappa shape index (κ3) is 6.05. The van der Waals surface area contributed by atoms with Crippen molar-refractivity contribution in [2.24, 2.45) is 23.5 Å². The fourth-order valence-corrected chi connectivity index (χ4v) is 2.44. The Bertz CT molecular complexity index is 305. The molecule has 0 aromatic heterocycles. The summed E-state index contributed by atoms with van der Waals surface area (Å²) in [5.74, 6) is 0.786. The molecule has 2 atom stereocenters. The van der Waals surface area contributed by atoms with Crippen LogP contribution in [0.25, 0.3) is 0 Å². The van der Waals surface area contributed by atoms with Crippen LogP contribution in [0.1, 0.15) is 39.5 Å². The second-order valence-corrected chi connectivity index (χ2v) is 5.88. The van der Waals surface area contributed by atoms with Crippen LogP contribution in [0.5, 0.6) is 0 Å². The Labute approximate surface area is 115 Å². The minimum Gasteiger partial charge on any atom is -0.354 e. The molecule has 1 fully saturated rings. The van der Waals surface area contributed by atoms with Gasteiger partial charge in [0.2, 0.25) is 11.8 Å². The maximum absolute atomic E-state index is 12.0. The topological polar surface area (TPSA) is 84.2 Å². The van der Waals surface area contributed by atoms with E-state index in [2.05, 4.69) is 10.6 Å². The molecule has 2 amide bonds. The lowest BCUT2D eigenvalue weighted by Gasteiger charge is -2.27. The summed E-state index contributed by atoms with van der Waals surface area (Å²) >= 11 is 0. The molecule has 0 spiro atoms. The highest BCUT2D eigenvalue weighted by molar-refractivity contribution is 5.85. The molecular formula is C14H27N3O2. The highest BCUT2D eigenvalue weighted by Gasteiger charge is 2.26. The molecule has 1 rings (SSSR count). The van der Waals surface area contributed by atoms with E-state index in [1.54, 1.807) is 0 Å². The summed E-state index contributed by atoms with van der Waals surface area (Å²) in [4.78, 5) is 23.5. The summed E-state index contributed by atoms with van der Waals surface area (Å²) in [7, 11) is 0. The average Bonchev–Trinajstić information content (AvgIpc) is 2.42. The van der Waals surface area contributed by atoms with Crippen molar-refractivity contribution in [2.45, 2.75) is 39.5 Å². The van der Waals surface area contributed by atoms with Gasteiger partial charge in [0.25, 0.3) is 0 Å². The van der Waals surface area contributed by atoms with Crippen molar-refractivity contribution in [3.8, 4) is 0 Å². The molecule has 0 radical (unpaired) electrons. The summed E-state index contributed by atoms with van der Waals surface area (Å²) in [6.45, 7) is 5.45. The van der Waals surface area contributed by atoms with Gasteiger partial charge in [0.15, 0.2) is 0 Å². The Hall–Kier alpha value is -1.10. The van der Waals surface area contributed by atoms with Gasteiger partial charge in [0.05, 0.1) is 6.54 Å². The number of nitrogens with two attached hydrogens (primary N) is 1. The van der Waals surface area contributed by atoms with Crippen LogP contribution in [-0.4, -0.2) is 31.4 Å². The predicted octanol–water partition coefficient (Wildman–Crippen LogP) is 0.640. The fourth-order valence-electron chi connectivity index (χ4n) is 2.44. The summed E-state index contributed by atoms with van der Waals surface area (Å²) < 4.78 is 0. The molecule has 1 aliphatic carbocycles. The van der Waals surface area contributed by atoms with Crippen LogP contribution in [0.15, 0.2) is 0 Å². The van der Waals surface area contributed by atoms with Gasteiger partial charge in [-0.3, -0.25) is 9.59 Å². The quantitative estimate of drug-likeness (QED) is 0.661. The standard InChI is InChI=1S/C14H27N3O2/c1-10(2)8-16-13(18)9-17-14(19)12-5-3-4-11(6-12)7-15/h10-12H,3-9,15H2,1-2H3,(H,16,18)(H,17,19). The smallest absolute Gasteiger partial charge is 0.239 e. The van der Waals surface area contributed by atoms with Gasteiger partial charge in [0.1, 0.15) is 0 Å². The van der Waals surface area contributed by atoms with Gasteiger partial charge >= 0.3 is 0 Å². The van der Waals surface area contributed by atoms with Crippen molar-refractivity contribution in [2.75, 3.05) is 19.6 Å². The molecule has 0 aromatic carbocycles. The van der Waals surface area contributed by atoms with Gasteiger partial charge in [-0.1, -0.05) is 20.3 Å². The Balaban J connectivity index is 2.25. The minimum atomic E-state index is -0.117. The Kier molecular flexibility index (Phi) is 6.84. The van der Waals surface area contributed by atoms with E-state index in [4.69, 9.17) is 5.73 Å². The highest BCUT2D eigenvalue weighted by Crippen LogP contribution is 2.28. The average molecular weight is 269 g/mol. The third-order valence-electron chi connectivity index (χ3n) is 3.62. The Morgan fingerprint density at radius 1 is 1.26 bits per heavy atom. The molecule has 0 heterocycles. The first-order chi connectivity index (χ1) is 9.02. The predicted molar refractivity (Wildman–Crippen MR) is 75.4 cm³/mol. The number of hydrogen-bond donors (Lipinski definition) is 3. The van der Waals surface area contributed by atoms with E-state index in [9.17, 15) is 9.59 Å². The molecule has 0 aliphatic heterocycles. The summed E-state index contributed by atoms with van der Waals surface area (Å²) in [5, 5.41) is 5.52. The van der Waals surface area contributed by atoms with Crippen molar-refractivity contribution in [3.63, 3.8) is 0 Å². The van der Waals surface area contributed by atoms with Crippen LogP contribution in [-0.2, 0) is 9.59 Å². The van der Waals surface area contributed by atoms with Crippen LogP contribution >= 0.6 is 0 Å². The van der Waals surface area contributed by atoms with Crippen LogP contribution in [0.3, 0.4) is 0 Å². The number of rotatable bonds is 6. The number of hydrogen-bond acceptors (Lipinski definition) is 3. The zero-order chi connectivity index (χ0) is 14.3. The van der Waals surface area contributed by atoms with Crippen LogP contribution in [0.2, 0.25) is 0 Å². The highest BCUT2D eigenvalue weighted by atomic mass is 16.2. The van der Waals surface area contributed by atoms with Crippen molar-refractivity contribution < 1.29 is 9.59 Å². The number of nitrogens with one attached hydrogen (secondary N) is 2. The first-order valence-electron chi connectivity index (χ1n) is 7.27. The van der Waals surface area contributed by atoms with Crippen molar-refractivity contribution >= 4 is 11.8 Å². The lowest BCUT2D eigenvalue weighted by molar-refractivity contribution is -0.129. The van der Waals surface area contributed by atoms with E-state index in [1.807, 2.05) is 13.8 Å². The molecule has 5 nitrogen and oxygen atoms in total. The van der Waals surface area contributed by atoms with Gasteiger partial charge in [0, 0.05) is 12.5 Å². The second kappa shape index (κ2) is 8.15. The Morgan fingerprint density at radius 3 is 2.63 bits per heavy atom. The molecule has 1 saturated carbocycles. The van der Waals surface area contributed by atoms with Crippen LogP contribution in [0, 0.1) is 17.8 Å². The summed E-state index contributed by atoms with van der Waals surface area (Å²) in [6, 6.07) is 0. The molecule has 2 unspecified atom stereocenters. The van der Waals surface area contributed by atoms with Gasteiger partial charge in [-0.05, 0) is 37.6 Å². The lowest BCUT2D eigenvalue weighted by Crippen LogP contribution is -2.41. The molecular weight excluding hydrogens is 242 g/mol.